The second-order valence-electron chi connectivity index (χ2n) is 15.1. The topological polar surface area (TPSA) is 18.5 Å². The van der Waals surface area contributed by atoms with Crippen LogP contribution in [0.15, 0.2) is 48.5 Å². The number of benzene rings is 4. The van der Waals surface area contributed by atoms with Crippen LogP contribution in [0.5, 0.6) is 11.5 Å². The van der Waals surface area contributed by atoms with Gasteiger partial charge in [0.2, 0.25) is 0 Å². The van der Waals surface area contributed by atoms with Gasteiger partial charge >= 0.3 is 24.7 Å². The molecular formula is C40H36Br2F12O2. The zero-order valence-corrected chi connectivity index (χ0v) is 34.3. The van der Waals surface area contributed by atoms with Gasteiger partial charge in [-0.1, -0.05) is 73.4 Å². The Hall–Kier alpha value is -3.40. The van der Waals surface area contributed by atoms with Crippen LogP contribution in [0.1, 0.15) is 86.1 Å². The molecule has 16 heteroatoms. The van der Waals surface area contributed by atoms with Gasteiger partial charge in [-0.15, -0.1) is 0 Å². The first-order valence-electron chi connectivity index (χ1n) is 16.6. The molecule has 0 aliphatic heterocycles. The van der Waals surface area contributed by atoms with Crippen molar-refractivity contribution in [3.63, 3.8) is 0 Å². The number of ether oxygens (including phenoxy) is 2. The Morgan fingerprint density at radius 2 is 0.679 bits per heavy atom. The Labute approximate surface area is 332 Å². The van der Waals surface area contributed by atoms with Crippen molar-refractivity contribution >= 4 is 31.9 Å². The highest BCUT2D eigenvalue weighted by molar-refractivity contribution is 9.08. The van der Waals surface area contributed by atoms with Crippen LogP contribution in [0, 0.1) is 0 Å². The molecule has 0 atom stereocenters. The summed E-state index contributed by atoms with van der Waals surface area (Å²) < 4.78 is 182. The summed E-state index contributed by atoms with van der Waals surface area (Å²) in [4.78, 5) is 0. The van der Waals surface area contributed by atoms with Gasteiger partial charge in [-0.05, 0) is 92.7 Å². The molecule has 0 spiro atoms. The molecule has 0 radical (unpaired) electrons. The fraction of sp³-hybridized carbons (Fsp3) is 0.400. The fourth-order valence-corrected chi connectivity index (χ4v) is 7.68. The Bertz CT molecular complexity index is 1900. The predicted octanol–water partition coefficient (Wildman–Crippen LogP) is 15.2. The number of rotatable bonds is 7. The number of hydrogen-bond acceptors (Lipinski definition) is 2. The summed E-state index contributed by atoms with van der Waals surface area (Å²) in [5.74, 6) is -0.0814. The largest absolute Gasteiger partial charge is 0.496 e. The van der Waals surface area contributed by atoms with Crippen molar-refractivity contribution in [2.24, 2.45) is 0 Å². The molecule has 0 saturated heterocycles. The minimum absolute atomic E-state index is 0.00310. The van der Waals surface area contributed by atoms with E-state index in [1.165, 1.54) is 14.2 Å². The first kappa shape index (κ1) is 45.3. The molecule has 4 rings (SSSR count). The number of methoxy groups -OCH3 is 2. The minimum atomic E-state index is -5.20. The van der Waals surface area contributed by atoms with Crippen molar-refractivity contribution in [2.45, 2.75) is 87.7 Å². The van der Waals surface area contributed by atoms with E-state index >= 15 is 0 Å². The van der Waals surface area contributed by atoms with Crippen LogP contribution < -0.4 is 9.47 Å². The third-order valence-corrected chi connectivity index (χ3v) is 10.2. The van der Waals surface area contributed by atoms with Gasteiger partial charge in [0.05, 0.1) is 36.5 Å². The summed E-state index contributed by atoms with van der Waals surface area (Å²) >= 11 is 6.76. The van der Waals surface area contributed by atoms with E-state index < -0.39 is 68.9 Å². The Balaban J connectivity index is 2.39. The number of halogens is 14. The lowest BCUT2D eigenvalue weighted by Gasteiger charge is -2.31. The highest BCUT2D eigenvalue weighted by Crippen LogP contribution is 2.53. The number of alkyl halides is 14. The molecule has 0 aromatic heterocycles. The minimum Gasteiger partial charge on any atom is -0.496 e. The van der Waals surface area contributed by atoms with Crippen LogP contribution in [-0.4, -0.2) is 14.2 Å². The summed E-state index contributed by atoms with van der Waals surface area (Å²) in [5, 5.41) is -0.405. The quantitative estimate of drug-likeness (QED) is 0.136. The molecule has 0 heterocycles. The Morgan fingerprint density at radius 1 is 0.429 bits per heavy atom. The van der Waals surface area contributed by atoms with Gasteiger partial charge in [0.15, 0.2) is 0 Å². The molecule has 306 valence electrons. The van der Waals surface area contributed by atoms with Crippen molar-refractivity contribution < 1.29 is 62.2 Å². The first-order valence-corrected chi connectivity index (χ1v) is 18.8. The van der Waals surface area contributed by atoms with Gasteiger partial charge in [0, 0.05) is 32.9 Å². The Kier molecular flexibility index (Phi) is 12.5. The van der Waals surface area contributed by atoms with E-state index in [-0.39, 0.29) is 67.7 Å². The third kappa shape index (κ3) is 9.16. The molecule has 56 heavy (non-hydrogen) atoms. The first-order chi connectivity index (χ1) is 25.4. The van der Waals surface area contributed by atoms with Gasteiger partial charge in [-0.2, -0.15) is 52.7 Å². The molecule has 2 nitrogen and oxygen atoms in total. The molecule has 0 bridgehead atoms. The normalized spacial score (nSPS) is 13.3. The lowest BCUT2D eigenvalue weighted by atomic mass is 9.76. The van der Waals surface area contributed by atoms with E-state index in [0.717, 1.165) is 0 Å². The molecule has 0 fully saturated rings. The van der Waals surface area contributed by atoms with Crippen LogP contribution >= 0.6 is 31.9 Å². The molecular weight excluding hydrogens is 900 g/mol. The van der Waals surface area contributed by atoms with E-state index in [1.54, 1.807) is 53.7 Å². The van der Waals surface area contributed by atoms with Crippen LogP contribution in [0.2, 0.25) is 0 Å². The summed E-state index contributed by atoms with van der Waals surface area (Å²) in [6, 6.07) is 5.52. The van der Waals surface area contributed by atoms with E-state index in [2.05, 4.69) is 31.9 Å². The Morgan fingerprint density at radius 3 is 0.857 bits per heavy atom. The molecule has 0 N–H and O–H groups in total. The van der Waals surface area contributed by atoms with Crippen LogP contribution in [0.25, 0.3) is 33.4 Å². The molecule has 0 aliphatic rings. The van der Waals surface area contributed by atoms with E-state index in [0.29, 0.717) is 35.4 Å². The van der Waals surface area contributed by atoms with Crippen LogP contribution in [-0.2, 0) is 46.2 Å². The zero-order chi connectivity index (χ0) is 42.7. The fourth-order valence-electron chi connectivity index (χ4n) is 6.51. The smallest absolute Gasteiger partial charge is 0.416 e. The molecule has 4 aromatic rings. The average molecular weight is 937 g/mol. The lowest BCUT2D eigenvalue weighted by Crippen LogP contribution is -2.17. The van der Waals surface area contributed by atoms with Crippen molar-refractivity contribution in [3.05, 3.63) is 93.0 Å². The van der Waals surface area contributed by atoms with Gasteiger partial charge in [0.1, 0.15) is 11.5 Å². The van der Waals surface area contributed by atoms with Gasteiger partial charge in [-0.25, -0.2) is 0 Å². The second-order valence-corrected chi connectivity index (χ2v) is 16.2. The molecule has 0 amide bonds. The second kappa shape index (κ2) is 15.4. The molecule has 0 aliphatic carbocycles. The lowest BCUT2D eigenvalue weighted by molar-refractivity contribution is -0.144. The standard InChI is InChI=1S/C40H36Br2F12O2/c1-35(2,3)29-15-25(27(17-41)31(33(29)55-7)19-9-21(37(43,44)45)13-22(10-19)38(46,47)48)26-16-30(36(4,5)6)34(56-8)32(28(26)18-42)20-11-23(39(49,50)51)14-24(12-20)40(52,53)54/h9-16H,17-18H2,1-8H3. The van der Waals surface area contributed by atoms with Gasteiger partial charge < -0.3 is 9.47 Å². The highest BCUT2D eigenvalue weighted by atomic mass is 79.9. The SMILES string of the molecule is COc1c(C(C)(C)C)cc(-c2cc(C(C)(C)C)c(OC)c(-c3cc(C(F)(F)F)cc(C(F)(F)F)c3)c2CBr)c(CBr)c1-c1cc(C(F)(F)F)cc(C(F)(F)F)c1. The monoisotopic (exact) mass is 934 g/mol. The summed E-state index contributed by atoms with van der Waals surface area (Å²) in [6.07, 6.45) is -20.8. The summed E-state index contributed by atoms with van der Waals surface area (Å²) in [7, 11) is 2.42. The molecule has 0 unspecified atom stereocenters. The van der Waals surface area contributed by atoms with E-state index in [4.69, 9.17) is 9.47 Å². The highest BCUT2D eigenvalue weighted by Gasteiger charge is 2.40. The van der Waals surface area contributed by atoms with Crippen LogP contribution in [0.4, 0.5) is 52.7 Å². The summed E-state index contributed by atoms with van der Waals surface area (Å²) in [5.41, 5.74) is -8.07. The summed E-state index contributed by atoms with van der Waals surface area (Å²) in [6.45, 7) is 10.4. The van der Waals surface area contributed by atoms with E-state index in [9.17, 15) is 52.7 Å². The maximum atomic E-state index is 14.2. The van der Waals surface area contributed by atoms with Crippen LogP contribution in [0.3, 0.4) is 0 Å². The number of hydrogen-bond donors (Lipinski definition) is 0. The maximum Gasteiger partial charge on any atom is 0.416 e. The molecule has 0 saturated carbocycles. The van der Waals surface area contributed by atoms with Crippen molar-refractivity contribution in [1.82, 2.24) is 0 Å². The van der Waals surface area contributed by atoms with Crippen molar-refractivity contribution in [1.29, 1.82) is 0 Å². The molecule has 4 aromatic carbocycles. The zero-order valence-electron chi connectivity index (χ0n) is 31.1. The third-order valence-electron chi connectivity index (χ3n) is 9.11. The maximum absolute atomic E-state index is 14.2. The predicted molar refractivity (Wildman–Crippen MR) is 199 cm³/mol. The van der Waals surface area contributed by atoms with Gasteiger partial charge in [-0.3, -0.25) is 0 Å². The van der Waals surface area contributed by atoms with E-state index in [1.807, 2.05) is 0 Å². The average Bonchev–Trinajstić information content (AvgIpc) is 3.06. The van der Waals surface area contributed by atoms with Crippen molar-refractivity contribution in [3.8, 4) is 44.9 Å². The van der Waals surface area contributed by atoms with Crippen molar-refractivity contribution in [2.75, 3.05) is 14.2 Å². The van der Waals surface area contributed by atoms with Gasteiger partial charge in [0.25, 0.3) is 0 Å².